The van der Waals surface area contributed by atoms with Gasteiger partial charge in [0.25, 0.3) is 0 Å². The van der Waals surface area contributed by atoms with Crippen molar-refractivity contribution in [3.05, 3.63) is 97.2 Å². The first-order chi connectivity index (χ1) is 40.0. The molecule has 0 rings (SSSR count). The van der Waals surface area contributed by atoms with Gasteiger partial charge >= 0.3 is 17.9 Å². The number of carbonyl (C=O) groups is 3. The number of hydrogen-bond donors (Lipinski definition) is 0. The number of ether oxygens (including phenoxy) is 3. The van der Waals surface area contributed by atoms with Crippen LogP contribution >= 0.6 is 0 Å². The Bertz CT molecular complexity index is 1580. The highest BCUT2D eigenvalue weighted by molar-refractivity contribution is 5.71. The van der Waals surface area contributed by atoms with Gasteiger partial charge in [0, 0.05) is 19.3 Å². The largest absolute Gasteiger partial charge is 0.462 e. The van der Waals surface area contributed by atoms with Crippen molar-refractivity contribution in [3.63, 3.8) is 0 Å². The summed E-state index contributed by atoms with van der Waals surface area (Å²) in [7, 11) is 0. The van der Waals surface area contributed by atoms with Crippen molar-refractivity contribution in [1.29, 1.82) is 0 Å². The molecule has 0 aromatic carbocycles. The van der Waals surface area contributed by atoms with Gasteiger partial charge in [0.2, 0.25) is 0 Å². The molecule has 0 fully saturated rings. The molecule has 0 aromatic heterocycles. The number of carbonyl (C=O) groups excluding carboxylic acids is 3. The van der Waals surface area contributed by atoms with E-state index in [0.29, 0.717) is 19.3 Å². The Morgan fingerprint density at radius 1 is 0.259 bits per heavy atom. The second kappa shape index (κ2) is 68.8. The number of rotatable bonds is 63. The quantitative estimate of drug-likeness (QED) is 0.0261. The van der Waals surface area contributed by atoms with Crippen molar-refractivity contribution in [3.8, 4) is 0 Å². The maximum atomic E-state index is 13.0. The van der Waals surface area contributed by atoms with Gasteiger partial charge in [-0.05, 0) is 103 Å². The zero-order chi connectivity index (χ0) is 58.5. The summed E-state index contributed by atoms with van der Waals surface area (Å²) in [5, 5.41) is 0. The van der Waals surface area contributed by atoms with Gasteiger partial charge in [0.05, 0.1) is 0 Å². The fourth-order valence-corrected chi connectivity index (χ4v) is 9.89. The molecule has 0 aliphatic heterocycles. The molecular weight excluding hydrogens is 997 g/mol. The topological polar surface area (TPSA) is 78.9 Å². The third-order valence-corrected chi connectivity index (χ3v) is 15.1. The molecule has 466 valence electrons. The summed E-state index contributed by atoms with van der Waals surface area (Å²) < 4.78 is 17.0. The molecule has 0 saturated heterocycles. The molecule has 0 amide bonds. The molecule has 0 aliphatic rings. The van der Waals surface area contributed by atoms with E-state index in [1.165, 1.54) is 186 Å². The second-order valence-electron chi connectivity index (χ2n) is 23.1. The highest BCUT2D eigenvalue weighted by atomic mass is 16.6. The summed E-state index contributed by atoms with van der Waals surface area (Å²) in [5.74, 6) is -0.881. The summed E-state index contributed by atoms with van der Waals surface area (Å²) in [6, 6.07) is 0. The molecule has 0 saturated carbocycles. The third kappa shape index (κ3) is 67.0. The van der Waals surface area contributed by atoms with Crippen molar-refractivity contribution in [1.82, 2.24) is 0 Å². The minimum Gasteiger partial charge on any atom is -0.462 e. The third-order valence-electron chi connectivity index (χ3n) is 15.1. The number of allylic oxidation sites excluding steroid dienone is 16. The van der Waals surface area contributed by atoms with Crippen LogP contribution in [0.5, 0.6) is 0 Å². The van der Waals surface area contributed by atoms with E-state index in [-0.39, 0.29) is 31.1 Å². The number of esters is 3. The minimum atomic E-state index is -0.786. The SMILES string of the molecule is CC/C=C\C/C=C\C/C=C\C/C=C\C/C=C\C/C=C\CCCCCCCCC(=O)OCC(COC(=O)CCCCCCCCCCCCCCCCC)OC(=O)CCCCCCCCCCCCC/C=C\C/C=C\CCCCCCC. The first-order valence-electron chi connectivity index (χ1n) is 34.7. The zero-order valence-corrected chi connectivity index (χ0v) is 53.5. The maximum absolute atomic E-state index is 13.0. The molecular formula is C75H130O6. The van der Waals surface area contributed by atoms with Gasteiger partial charge in [0.15, 0.2) is 6.10 Å². The predicted molar refractivity (Wildman–Crippen MR) is 353 cm³/mol. The molecule has 0 N–H and O–H groups in total. The molecule has 0 bridgehead atoms. The Morgan fingerprint density at radius 2 is 0.481 bits per heavy atom. The Kier molecular flexibility index (Phi) is 65.7. The summed E-state index contributed by atoms with van der Waals surface area (Å²) in [6.07, 6.45) is 92.7. The highest BCUT2D eigenvalue weighted by Gasteiger charge is 2.19. The van der Waals surface area contributed by atoms with Crippen LogP contribution < -0.4 is 0 Å². The van der Waals surface area contributed by atoms with Gasteiger partial charge in [-0.2, -0.15) is 0 Å². The lowest BCUT2D eigenvalue weighted by molar-refractivity contribution is -0.167. The normalized spacial score (nSPS) is 12.7. The van der Waals surface area contributed by atoms with Crippen molar-refractivity contribution in [2.75, 3.05) is 13.2 Å². The lowest BCUT2D eigenvalue weighted by Gasteiger charge is -2.18. The molecule has 1 atom stereocenters. The van der Waals surface area contributed by atoms with Crippen molar-refractivity contribution in [2.45, 2.75) is 348 Å². The van der Waals surface area contributed by atoms with Gasteiger partial charge in [-0.25, -0.2) is 0 Å². The van der Waals surface area contributed by atoms with Gasteiger partial charge in [-0.1, -0.05) is 317 Å². The molecule has 81 heavy (non-hydrogen) atoms. The Morgan fingerprint density at radius 3 is 0.753 bits per heavy atom. The number of unbranched alkanes of at least 4 members (excludes halogenated alkanes) is 36. The lowest BCUT2D eigenvalue weighted by Crippen LogP contribution is -2.30. The Hall–Kier alpha value is -3.67. The molecule has 1 unspecified atom stereocenters. The monoisotopic (exact) mass is 1130 g/mol. The van der Waals surface area contributed by atoms with E-state index in [4.69, 9.17) is 14.2 Å². The van der Waals surface area contributed by atoms with Gasteiger partial charge in [0.1, 0.15) is 13.2 Å². The van der Waals surface area contributed by atoms with E-state index in [1.807, 2.05) is 0 Å². The lowest BCUT2D eigenvalue weighted by atomic mass is 10.0. The predicted octanol–water partition coefficient (Wildman–Crippen LogP) is 24.0. The van der Waals surface area contributed by atoms with Crippen LogP contribution in [0.4, 0.5) is 0 Å². The van der Waals surface area contributed by atoms with Crippen LogP contribution in [0.1, 0.15) is 342 Å². The molecule has 0 aromatic rings. The van der Waals surface area contributed by atoms with Crippen molar-refractivity contribution >= 4 is 17.9 Å². The molecule has 0 spiro atoms. The van der Waals surface area contributed by atoms with Crippen LogP contribution in [0, 0.1) is 0 Å². The van der Waals surface area contributed by atoms with E-state index >= 15 is 0 Å². The molecule has 0 radical (unpaired) electrons. The van der Waals surface area contributed by atoms with Gasteiger partial charge in [-0.15, -0.1) is 0 Å². The molecule has 0 aliphatic carbocycles. The van der Waals surface area contributed by atoms with Crippen LogP contribution in [-0.4, -0.2) is 37.2 Å². The second-order valence-corrected chi connectivity index (χ2v) is 23.1. The minimum absolute atomic E-state index is 0.0799. The first kappa shape index (κ1) is 77.3. The average Bonchev–Trinajstić information content (AvgIpc) is 3.47. The molecule has 6 heteroatoms. The molecule has 0 heterocycles. The van der Waals surface area contributed by atoms with Gasteiger partial charge < -0.3 is 14.2 Å². The van der Waals surface area contributed by atoms with Crippen LogP contribution in [0.3, 0.4) is 0 Å². The van der Waals surface area contributed by atoms with E-state index in [9.17, 15) is 14.4 Å². The summed E-state index contributed by atoms with van der Waals surface area (Å²) in [5.41, 5.74) is 0. The highest BCUT2D eigenvalue weighted by Crippen LogP contribution is 2.17. The fourth-order valence-electron chi connectivity index (χ4n) is 9.89. The maximum Gasteiger partial charge on any atom is 0.306 e. The van der Waals surface area contributed by atoms with Gasteiger partial charge in [-0.3, -0.25) is 14.4 Å². The van der Waals surface area contributed by atoms with E-state index in [1.54, 1.807) is 0 Å². The van der Waals surface area contributed by atoms with E-state index in [0.717, 1.165) is 116 Å². The van der Waals surface area contributed by atoms with E-state index in [2.05, 4.69) is 118 Å². The van der Waals surface area contributed by atoms with E-state index < -0.39 is 6.10 Å². The standard InChI is InChI=1S/C75H130O6/c1-4-7-10-13-16-19-22-25-28-30-32-34-36-37-39-40-42-44-47-50-53-56-59-62-65-68-74(77)80-71-72(70-79-73(76)67-64-61-58-55-52-49-46-27-24-21-18-15-12-9-6-3)81-75(78)69-66-63-60-57-54-51-48-45-43-41-38-35-33-31-29-26-23-20-17-14-11-8-5-2/h7,10,16,19,23,25-26,28,31-34,37,39,42,44,72H,4-6,8-9,11-15,17-18,20-22,24,27,29-30,35-36,38,40-41,43,45-71H2,1-3H3/b10-7-,19-16-,26-23-,28-25-,33-31-,34-32-,39-37-,44-42-. The van der Waals surface area contributed by atoms with Crippen LogP contribution in [-0.2, 0) is 28.6 Å². The fraction of sp³-hybridized carbons (Fsp3) is 0.747. The first-order valence-corrected chi connectivity index (χ1v) is 34.7. The number of hydrogen-bond acceptors (Lipinski definition) is 6. The zero-order valence-electron chi connectivity index (χ0n) is 53.5. The van der Waals surface area contributed by atoms with Crippen LogP contribution in [0.15, 0.2) is 97.2 Å². The van der Waals surface area contributed by atoms with Crippen LogP contribution in [0.2, 0.25) is 0 Å². The average molecular weight is 1130 g/mol. The smallest absolute Gasteiger partial charge is 0.306 e. The summed E-state index contributed by atoms with van der Waals surface area (Å²) >= 11 is 0. The summed E-state index contributed by atoms with van der Waals surface area (Å²) in [4.78, 5) is 38.5. The Balaban J connectivity index is 4.37. The molecule has 6 nitrogen and oxygen atoms in total. The van der Waals surface area contributed by atoms with Crippen LogP contribution in [0.25, 0.3) is 0 Å². The Labute approximate surface area is 502 Å². The summed E-state index contributed by atoms with van der Waals surface area (Å²) in [6.45, 7) is 6.55. The van der Waals surface area contributed by atoms with Crippen molar-refractivity contribution < 1.29 is 28.6 Å². The van der Waals surface area contributed by atoms with Crippen molar-refractivity contribution in [2.24, 2.45) is 0 Å².